The molecule has 0 aliphatic carbocycles. The van der Waals surface area contributed by atoms with Crippen LogP contribution in [0.3, 0.4) is 0 Å². The predicted octanol–water partition coefficient (Wildman–Crippen LogP) is 1.18. The highest BCUT2D eigenvalue weighted by Crippen LogP contribution is 2.11. The third kappa shape index (κ3) is 4.86. The highest BCUT2D eigenvalue weighted by Gasteiger charge is 2.20. The van der Waals surface area contributed by atoms with Gasteiger partial charge in [-0.3, -0.25) is 9.59 Å². The van der Waals surface area contributed by atoms with Gasteiger partial charge in [-0.15, -0.1) is 0 Å². The molecular weight excluding hydrogens is 268 g/mol. The van der Waals surface area contributed by atoms with Gasteiger partial charge in [0, 0.05) is 31.6 Å². The minimum absolute atomic E-state index is 0.107. The Bertz CT molecular complexity index is 468. The number of rotatable bonds is 5. The quantitative estimate of drug-likeness (QED) is 0.800. The molecule has 1 aromatic rings. The summed E-state index contributed by atoms with van der Waals surface area (Å²) in [6.45, 7) is 1.77. The third-order valence-electron chi connectivity index (χ3n) is 3.71. The fraction of sp³-hybridized carbons (Fsp3) is 0.500. The van der Waals surface area contributed by atoms with Gasteiger partial charge in [-0.2, -0.15) is 0 Å². The number of amides is 2. The van der Waals surface area contributed by atoms with E-state index in [-0.39, 0.29) is 17.9 Å². The van der Waals surface area contributed by atoms with Crippen LogP contribution in [0.25, 0.3) is 0 Å². The lowest BCUT2D eigenvalue weighted by atomic mass is 10.1. The first-order valence-corrected chi connectivity index (χ1v) is 7.46. The summed E-state index contributed by atoms with van der Waals surface area (Å²) < 4.78 is 0. The SMILES string of the molecule is O=C(NCCCC(=O)N1CCC(O)CC1)c1ccccc1. The van der Waals surface area contributed by atoms with Crippen molar-refractivity contribution < 1.29 is 14.7 Å². The van der Waals surface area contributed by atoms with Gasteiger partial charge in [-0.25, -0.2) is 0 Å². The minimum atomic E-state index is -0.265. The fourth-order valence-corrected chi connectivity index (χ4v) is 2.41. The molecule has 114 valence electrons. The van der Waals surface area contributed by atoms with Crippen molar-refractivity contribution >= 4 is 11.8 Å². The number of likely N-dealkylation sites (tertiary alicyclic amines) is 1. The summed E-state index contributed by atoms with van der Waals surface area (Å²) >= 11 is 0. The van der Waals surface area contributed by atoms with Crippen molar-refractivity contribution in [2.24, 2.45) is 0 Å². The van der Waals surface area contributed by atoms with Crippen LogP contribution < -0.4 is 5.32 Å². The summed E-state index contributed by atoms with van der Waals surface area (Å²) in [5.74, 6) is 0.00000360. The summed E-state index contributed by atoms with van der Waals surface area (Å²) in [4.78, 5) is 25.5. The van der Waals surface area contributed by atoms with Crippen LogP contribution >= 0.6 is 0 Å². The molecule has 2 rings (SSSR count). The Kier molecular flexibility index (Phi) is 5.75. The molecule has 1 aromatic carbocycles. The fourth-order valence-electron chi connectivity index (χ4n) is 2.41. The summed E-state index contributed by atoms with van der Waals surface area (Å²) in [5.41, 5.74) is 0.633. The summed E-state index contributed by atoms with van der Waals surface area (Å²) in [6, 6.07) is 9.04. The predicted molar refractivity (Wildman–Crippen MR) is 79.8 cm³/mol. The average molecular weight is 290 g/mol. The number of nitrogens with one attached hydrogen (secondary N) is 1. The highest BCUT2D eigenvalue weighted by molar-refractivity contribution is 5.94. The summed E-state index contributed by atoms with van der Waals surface area (Å²) in [7, 11) is 0. The van der Waals surface area contributed by atoms with E-state index in [2.05, 4.69) is 5.32 Å². The number of benzene rings is 1. The topological polar surface area (TPSA) is 69.6 Å². The number of hydrogen-bond donors (Lipinski definition) is 2. The molecule has 2 amide bonds. The van der Waals surface area contributed by atoms with Crippen LogP contribution in [0, 0.1) is 0 Å². The summed E-state index contributed by atoms with van der Waals surface area (Å²) in [6.07, 6.45) is 2.13. The van der Waals surface area contributed by atoms with Gasteiger partial charge in [-0.1, -0.05) is 18.2 Å². The smallest absolute Gasteiger partial charge is 0.251 e. The van der Waals surface area contributed by atoms with Crippen molar-refractivity contribution in [1.82, 2.24) is 10.2 Å². The molecule has 1 saturated heterocycles. The standard InChI is InChI=1S/C16H22N2O3/c19-14-8-11-18(12-9-14)15(20)7-4-10-17-16(21)13-5-2-1-3-6-13/h1-3,5-6,14,19H,4,7-12H2,(H,17,21). The van der Waals surface area contributed by atoms with Crippen LogP contribution in [-0.2, 0) is 4.79 Å². The molecule has 1 fully saturated rings. The molecule has 5 heteroatoms. The van der Waals surface area contributed by atoms with Crippen LogP contribution in [0.2, 0.25) is 0 Å². The number of carbonyl (C=O) groups is 2. The highest BCUT2D eigenvalue weighted by atomic mass is 16.3. The van der Waals surface area contributed by atoms with Crippen molar-refractivity contribution in [3.63, 3.8) is 0 Å². The monoisotopic (exact) mass is 290 g/mol. The Labute approximate surface area is 125 Å². The number of aliphatic hydroxyl groups is 1. The molecule has 1 aliphatic heterocycles. The summed E-state index contributed by atoms with van der Waals surface area (Å²) in [5, 5.41) is 12.2. The molecule has 2 N–H and O–H groups in total. The van der Waals surface area contributed by atoms with Crippen molar-refractivity contribution in [2.75, 3.05) is 19.6 Å². The van der Waals surface area contributed by atoms with Crippen molar-refractivity contribution in [3.05, 3.63) is 35.9 Å². The van der Waals surface area contributed by atoms with Gasteiger partial charge in [0.2, 0.25) is 5.91 Å². The van der Waals surface area contributed by atoms with Crippen molar-refractivity contribution in [1.29, 1.82) is 0 Å². The molecule has 0 spiro atoms. The number of nitrogens with zero attached hydrogens (tertiary/aromatic N) is 1. The van der Waals surface area contributed by atoms with Gasteiger partial charge in [0.05, 0.1) is 6.10 Å². The Morgan fingerprint density at radius 3 is 2.52 bits per heavy atom. The number of carbonyl (C=O) groups excluding carboxylic acids is 2. The van der Waals surface area contributed by atoms with Gasteiger partial charge >= 0.3 is 0 Å². The maximum absolute atomic E-state index is 12.0. The van der Waals surface area contributed by atoms with E-state index in [0.29, 0.717) is 50.9 Å². The zero-order valence-electron chi connectivity index (χ0n) is 12.1. The lowest BCUT2D eigenvalue weighted by molar-refractivity contribution is -0.133. The van der Waals surface area contributed by atoms with E-state index in [1.165, 1.54) is 0 Å². The van der Waals surface area contributed by atoms with E-state index in [9.17, 15) is 14.7 Å². The minimum Gasteiger partial charge on any atom is -0.393 e. The second kappa shape index (κ2) is 7.78. The Balaban J connectivity index is 1.63. The van der Waals surface area contributed by atoms with E-state index in [1.54, 1.807) is 17.0 Å². The van der Waals surface area contributed by atoms with Gasteiger partial charge < -0.3 is 15.3 Å². The molecular formula is C16H22N2O3. The zero-order chi connectivity index (χ0) is 15.1. The molecule has 1 heterocycles. The van der Waals surface area contributed by atoms with Crippen LogP contribution in [0.5, 0.6) is 0 Å². The Hall–Kier alpha value is -1.88. The second-order valence-corrected chi connectivity index (χ2v) is 5.34. The first-order valence-electron chi connectivity index (χ1n) is 7.46. The third-order valence-corrected chi connectivity index (χ3v) is 3.71. The first-order chi connectivity index (χ1) is 10.2. The van der Waals surface area contributed by atoms with E-state index >= 15 is 0 Å². The zero-order valence-corrected chi connectivity index (χ0v) is 12.1. The molecule has 0 aromatic heterocycles. The molecule has 0 unspecified atom stereocenters. The van der Waals surface area contributed by atoms with Gasteiger partial charge in [-0.05, 0) is 31.4 Å². The van der Waals surface area contributed by atoms with E-state index in [1.807, 2.05) is 18.2 Å². The van der Waals surface area contributed by atoms with Crippen LogP contribution in [0.1, 0.15) is 36.0 Å². The normalized spacial score (nSPS) is 15.8. The van der Waals surface area contributed by atoms with Gasteiger partial charge in [0.1, 0.15) is 0 Å². The van der Waals surface area contributed by atoms with E-state index in [4.69, 9.17) is 0 Å². The lowest BCUT2D eigenvalue weighted by Gasteiger charge is -2.29. The molecule has 0 atom stereocenters. The number of hydrogen-bond acceptors (Lipinski definition) is 3. The van der Waals surface area contributed by atoms with Gasteiger partial charge in [0.15, 0.2) is 0 Å². The van der Waals surface area contributed by atoms with Crippen molar-refractivity contribution in [3.8, 4) is 0 Å². The molecule has 0 radical (unpaired) electrons. The lowest BCUT2D eigenvalue weighted by Crippen LogP contribution is -2.40. The molecule has 1 aliphatic rings. The van der Waals surface area contributed by atoms with Gasteiger partial charge in [0.25, 0.3) is 5.91 Å². The van der Waals surface area contributed by atoms with Crippen LogP contribution in [0.4, 0.5) is 0 Å². The first kappa shape index (κ1) is 15.5. The Morgan fingerprint density at radius 2 is 1.86 bits per heavy atom. The number of piperidine rings is 1. The maximum Gasteiger partial charge on any atom is 0.251 e. The Morgan fingerprint density at radius 1 is 1.19 bits per heavy atom. The average Bonchev–Trinajstić information content (AvgIpc) is 2.52. The largest absolute Gasteiger partial charge is 0.393 e. The number of aliphatic hydroxyl groups excluding tert-OH is 1. The molecule has 0 saturated carbocycles. The molecule has 0 bridgehead atoms. The van der Waals surface area contributed by atoms with Crippen molar-refractivity contribution in [2.45, 2.75) is 31.8 Å². The van der Waals surface area contributed by atoms with Crippen LogP contribution in [0.15, 0.2) is 30.3 Å². The van der Waals surface area contributed by atoms with E-state index < -0.39 is 0 Å². The maximum atomic E-state index is 12.0. The van der Waals surface area contributed by atoms with Crippen LogP contribution in [-0.4, -0.2) is 47.6 Å². The molecule has 21 heavy (non-hydrogen) atoms. The van der Waals surface area contributed by atoms with E-state index in [0.717, 1.165) is 0 Å². The molecule has 5 nitrogen and oxygen atoms in total. The second-order valence-electron chi connectivity index (χ2n) is 5.34.